The molecule has 0 aliphatic heterocycles. The molecule has 0 radical (unpaired) electrons. The van der Waals surface area contributed by atoms with E-state index in [0.29, 0.717) is 23.0 Å². The highest BCUT2D eigenvalue weighted by atomic mass is 35.5. The molecule has 5 nitrogen and oxygen atoms in total. The third-order valence-electron chi connectivity index (χ3n) is 4.04. The maximum absolute atomic E-state index is 12.5. The number of halogens is 1. The molecule has 2 aromatic carbocycles. The Bertz CT molecular complexity index is 736. The minimum absolute atomic E-state index is 0.100. The van der Waals surface area contributed by atoms with Gasteiger partial charge in [-0.05, 0) is 44.3 Å². The maximum atomic E-state index is 12.5. The van der Waals surface area contributed by atoms with Crippen LogP contribution in [0.4, 0.5) is 5.69 Å². The molecule has 2 aromatic rings. The van der Waals surface area contributed by atoms with Gasteiger partial charge in [-0.25, -0.2) is 0 Å². The Balaban J connectivity index is 2.04. The van der Waals surface area contributed by atoms with E-state index in [2.05, 4.69) is 5.32 Å². The molecule has 25 heavy (non-hydrogen) atoms. The number of carbonyl (C=O) groups excluding carboxylic acids is 1. The molecule has 0 aliphatic carbocycles. The van der Waals surface area contributed by atoms with Gasteiger partial charge in [0, 0.05) is 28.9 Å². The second kappa shape index (κ2) is 8.74. The highest BCUT2D eigenvalue weighted by Gasteiger charge is 2.19. The molecule has 6 heteroatoms. The molecule has 134 valence electrons. The number of methoxy groups -OCH3 is 2. The Morgan fingerprint density at radius 2 is 1.96 bits per heavy atom. The number of amides is 1. The van der Waals surface area contributed by atoms with E-state index < -0.39 is 0 Å². The van der Waals surface area contributed by atoms with Gasteiger partial charge >= 0.3 is 0 Å². The van der Waals surface area contributed by atoms with Crippen LogP contribution >= 0.6 is 11.6 Å². The zero-order valence-corrected chi connectivity index (χ0v) is 15.6. The van der Waals surface area contributed by atoms with Gasteiger partial charge in [0.15, 0.2) is 0 Å². The van der Waals surface area contributed by atoms with Crippen molar-refractivity contribution in [2.75, 3.05) is 26.6 Å². The molecule has 1 amide bonds. The number of hydrogen-bond donors (Lipinski definition) is 1. The molecule has 0 spiro atoms. The van der Waals surface area contributed by atoms with E-state index in [0.717, 1.165) is 11.3 Å². The van der Waals surface area contributed by atoms with Crippen molar-refractivity contribution in [3.8, 4) is 11.5 Å². The summed E-state index contributed by atoms with van der Waals surface area (Å²) in [6.45, 7) is 2.39. The van der Waals surface area contributed by atoms with Crippen LogP contribution in [0.5, 0.6) is 11.5 Å². The molecule has 0 saturated heterocycles. The van der Waals surface area contributed by atoms with E-state index in [1.165, 1.54) is 0 Å². The van der Waals surface area contributed by atoms with Gasteiger partial charge in [0.25, 0.3) is 0 Å². The van der Waals surface area contributed by atoms with E-state index in [9.17, 15) is 4.79 Å². The van der Waals surface area contributed by atoms with Gasteiger partial charge in [-0.2, -0.15) is 0 Å². The summed E-state index contributed by atoms with van der Waals surface area (Å²) in [7, 11) is 5.09. The second-order valence-electron chi connectivity index (χ2n) is 5.77. The first-order valence-electron chi connectivity index (χ1n) is 7.92. The molecule has 0 heterocycles. The predicted octanol–water partition coefficient (Wildman–Crippen LogP) is 3.82. The van der Waals surface area contributed by atoms with Crippen molar-refractivity contribution in [2.45, 2.75) is 19.5 Å². The number of rotatable bonds is 7. The number of benzene rings is 2. The number of hydrogen-bond acceptors (Lipinski definition) is 4. The van der Waals surface area contributed by atoms with Crippen molar-refractivity contribution in [1.29, 1.82) is 0 Å². The first kappa shape index (κ1) is 19.1. The third-order valence-corrected chi connectivity index (χ3v) is 4.28. The van der Waals surface area contributed by atoms with Gasteiger partial charge in [-0.3, -0.25) is 9.69 Å². The lowest BCUT2D eigenvalue weighted by atomic mass is 10.1. The Hall–Kier alpha value is -2.24. The van der Waals surface area contributed by atoms with E-state index >= 15 is 0 Å². The fourth-order valence-corrected chi connectivity index (χ4v) is 2.62. The largest absolute Gasteiger partial charge is 0.497 e. The number of carbonyl (C=O) groups is 1. The molecular weight excluding hydrogens is 340 g/mol. The molecular formula is C19H23ClN2O3. The lowest BCUT2D eigenvalue weighted by Gasteiger charge is -2.25. The van der Waals surface area contributed by atoms with Crippen molar-refractivity contribution >= 4 is 23.2 Å². The summed E-state index contributed by atoms with van der Waals surface area (Å²) < 4.78 is 10.5. The molecule has 0 unspecified atom stereocenters. The molecule has 0 bridgehead atoms. The van der Waals surface area contributed by atoms with Gasteiger partial charge in [0.2, 0.25) is 5.91 Å². The molecule has 0 fully saturated rings. The number of anilines is 1. The topological polar surface area (TPSA) is 50.8 Å². The maximum Gasteiger partial charge on any atom is 0.241 e. The van der Waals surface area contributed by atoms with Crippen molar-refractivity contribution < 1.29 is 14.3 Å². The second-order valence-corrected chi connectivity index (χ2v) is 6.20. The first-order valence-corrected chi connectivity index (χ1v) is 8.30. The van der Waals surface area contributed by atoms with E-state index in [1.54, 1.807) is 26.4 Å². The van der Waals surface area contributed by atoms with Crippen LogP contribution < -0.4 is 14.8 Å². The van der Waals surface area contributed by atoms with Crippen LogP contribution in [0.25, 0.3) is 0 Å². The molecule has 1 N–H and O–H groups in total. The van der Waals surface area contributed by atoms with Crippen LogP contribution in [0.1, 0.15) is 12.5 Å². The highest BCUT2D eigenvalue weighted by molar-refractivity contribution is 6.30. The summed E-state index contributed by atoms with van der Waals surface area (Å²) in [5.41, 5.74) is 1.63. The summed E-state index contributed by atoms with van der Waals surface area (Å²) in [6.07, 6.45) is 0. The highest BCUT2D eigenvalue weighted by Crippen LogP contribution is 2.24. The van der Waals surface area contributed by atoms with Gasteiger partial charge in [0.1, 0.15) is 11.5 Å². The average molecular weight is 363 g/mol. The zero-order valence-electron chi connectivity index (χ0n) is 14.9. The molecule has 0 aromatic heterocycles. The number of nitrogens with zero attached hydrogens (tertiary/aromatic N) is 1. The van der Waals surface area contributed by atoms with Crippen LogP contribution in [0.2, 0.25) is 5.02 Å². The predicted molar refractivity (Wildman–Crippen MR) is 101 cm³/mol. The fourth-order valence-electron chi connectivity index (χ4n) is 2.42. The van der Waals surface area contributed by atoms with E-state index in [4.69, 9.17) is 21.1 Å². The summed E-state index contributed by atoms with van der Waals surface area (Å²) in [4.78, 5) is 14.4. The van der Waals surface area contributed by atoms with Crippen LogP contribution in [0.15, 0.2) is 42.5 Å². The van der Waals surface area contributed by atoms with Gasteiger partial charge in [-0.1, -0.05) is 17.7 Å². The number of likely N-dealkylation sites (N-methyl/N-ethyl adjacent to an activating group) is 1. The van der Waals surface area contributed by atoms with Crippen molar-refractivity contribution in [3.05, 3.63) is 53.1 Å². The molecule has 2 rings (SSSR count). The Kier molecular flexibility index (Phi) is 6.67. The Morgan fingerprint density at radius 3 is 2.64 bits per heavy atom. The lowest BCUT2D eigenvalue weighted by Crippen LogP contribution is -2.39. The fraction of sp³-hybridized carbons (Fsp3) is 0.316. The summed E-state index contributed by atoms with van der Waals surface area (Å²) in [6, 6.07) is 12.4. The molecule has 0 saturated carbocycles. The van der Waals surface area contributed by atoms with Gasteiger partial charge < -0.3 is 14.8 Å². The van der Waals surface area contributed by atoms with Crippen molar-refractivity contribution in [1.82, 2.24) is 4.90 Å². The van der Waals surface area contributed by atoms with Crippen LogP contribution in [0, 0.1) is 0 Å². The summed E-state index contributed by atoms with van der Waals surface area (Å²) >= 11 is 6.07. The SMILES string of the molecule is COc1cccc(NC(=O)[C@H](C)N(C)Cc2cc(Cl)ccc2OC)c1. The van der Waals surface area contributed by atoms with Crippen LogP contribution in [0.3, 0.4) is 0 Å². The third kappa shape index (κ3) is 5.11. The zero-order chi connectivity index (χ0) is 18.4. The van der Waals surface area contributed by atoms with Gasteiger partial charge in [-0.15, -0.1) is 0 Å². The van der Waals surface area contributed by atoms with Crippen molar-refractivity contribution in [2.24, 2.45) is 0 Å². The van der Waals surface area contributed by atoms with Crippen LogP contribution in [-0.2, 0) is 11.3 Å². The summed E-state index contributed by atoms with van der Waals surface area (Å²) in [5.74, 6) is 1.34. The standard InChI is InChI=1S/C19H23ClN2O3/c1-13(19(23)21-16-6-5-7-17(11-16)24-3)22(2)12-14-10-15(20)8-9-18(14)25-4/h5-11,13H,12H2,1-4H3,(H,21,23)/t13-/m0/s1. The number of ether oxygens (including phenoxy) is 2. The summed E-state index contributed by atoms with van der Waals surface area (Å²) in [5, 5.41) is 3.54. The van der Waals surface area contributed by atoms with Gasteiger partial charge in [0.05, 0.1) is 20.3 Å². The normalized spacial score (nSPS) is 11.9. The quantitative estimate of drug-likeness (QED) is 0.813. The smallest absolute Gasteiger partial charge is 0.241 e. The van der Waals surface area contributed by atoms with Crippen molar-refractivity contribution in [3.63, 3.8) is 0 Å². The minimum Gasteiger partial charge on any atom is -0.497 e. The monoisotopic (exact) mass is 362 g/mol. The van der Waals surface area contributed by atoms with E-state index in [-0.39, 0.29) is 11.9 Å². The lowest BCUT2D eigenvalue weighted by molar-refractivity contribution is -0.120. The molecule has 0 aliphatic rings. The van der Waals surface area contributed by atoms with E-state index in [1.807, 2.05) is 49.2 Å². The average Bonchev–Trinajstić information content (AvgIpc) is 2.61. The Morgan fingerprint density at radius 1 is 1.20 bits per heavy atom. The number of nitrogens with one attached hydrogen (secondary N) is 1. The first-order chi connectivity index (χ1) is 11.9. The molecule has 1 atom stereocenters. The van der Waals surface area contributed by atoms with Crippen LogP contribution in [-0.4, -0.2) is 38.1 Å². The Labute approximate surface area is 153 Å². The minimum atomic E-state index is -0.338.